The number of aliphatic hydroxyl groups is 1. The smallest absolute Gasteiger partial charge is 0.229 e. The molecule has 1 aliphatic rings. The molecular formula is C10H5IO4. The molecule has 0 radical (unpaired) electrons. The van der Waals surface area contributed by atoms with Crippen molar-refractivity contribution < 1.29 is 19.8 Å². The van der Waals surface area contributed by atoms with Gasteiger partial charge < -0.3 is 10.2 Å². The van der Waals surface area contributed by atoms with Crippen LogP contribution < -0.4 is 0 Å². The number of fused-ring (bicyclic) bond motifs is 1. The summed E-state index contributed by atoms with van der Waals surface area (Å²) in [6.07, 6.45) is 0. The molecule has 0 saturated carbocycles. The molecule has 0 aliphatic heterocycles. The van der Waals surface area contributed by atoms with Gasteiger partial charge >= 0.3 is 0 Å². The largest absolute Gasteiger partial charge is 0.507 e. The van der Waals surface area contributed by atoms with E-state index in [1.165, 1.54) is 18.2 Å². The van der Waals surface area contributed by atoms with Crippen LogP contribution in [0.4, 0.5) is 0 Å². The highest BCUT2D eigenvalue weighted by Crippen LogP contribution is 2.33. The Morgan fingerprint density at radius 2 is 1.73 bits per heavy atom. The van der Waals surface area contributed by atoms with E-state index in [0.717, 1.165) is 0 Å². The van der Waals surface area contributed by atoms with E-state index < -0.39 is 17.3 Å². The predicted octanol–water partition coefficient (Wildman–Crippen LogP) is 1.98. The first-order chi connectivity index (χ1) is 7.04. The molecule has 0 bridgehead atoms. The number of carbonyl (C=O) groups excluding carboxylic acids is 2. The molecule has 0 saturated heterocycles. The van der Waals surface area contributed by atoms with Crippen molar-refractivity contribution in [1.29, 1.82) is 0 Å². The zero-order valence-corrected chi connectivity index (χ0v) is 9.48. The van der Waals surface area contributed by atoms with E-state index >= 15 is 0 Å². The van der Waals surface area contributed by atoms with Crippen LogP contribution in [0.2, 0.25) is 0 Å². The van der Waals surface area contributed by atoms with Gasteiger partial charge in [0.1, 0.15) is 9.33 Å². The lowest BCUT2D eigenvalue weighted by Crippen LogP contribution is -2.19. The van der Waals surface area contributed by atoms with Crippen molar-refractivity contribution in [3.8, 4) is 5.75 Å². The van der Waals surface area contributed by atoms with Crippen molar-refractivity contribution in [1.82, 2.24) is 0 Å². The van der Waals surface area contributed by atoms with E-state index in [-0.39, 0.29) is 20.5 Å². The van der Waals surface area contributed by atoms with Crippen molar-refractivity contribution in [2.75, 3.05) is 0 Å². The molecule has 1 aromatic carbocycles. The number of ketones is 2. The first-order valence-electron chi connectivity index (χ1n) is 4.04. The average molecular weight is 316 g/mol. The third kappa shape index (κ3) is 1.34. The summed E-state index contributed by atoms with van der Waals surface area (Å²) in [6, 6.07) is 4.18. The van der Waals surface area contributed by atoms with Gasteiger partial charge in [-0.25, -0.2) is 0 Å². The lowest BCUT2D eigenvalue weighted by atomic mass is 9.93. The number of carbonyl (C=O) groups is 2. The average Bonchev–Trinajstić information content (AvgIpc) is 2.23. The summed E-state index contributed by atoms with van der Waals surface area (Å²) in [5.41, 5.74) is 0.00242. The van der Waals surface area contributed by atoms with Crippen molar-refractivity contribution in [2.45, 2.75) is 0 Å². The van der Waals surface area contributed by atoms with E-state index in [1.54, 1.807) is 22.6 Å². The standard InChI is InChI=1S/C10H5IO4/c11-7-9(14)6-4(8(13)10(7)15)2-1-3-5(6)12/h1-3,12,15H. The maximum Gasteiger partial charge on any atom is 0.229 e. The molecule has 0 aromatic heterocycles. The van der Waals surface area contributed by atoms with Gasteiger partial charge in [-0.2, -0.15) is 0 Å². The van der Waals surface area contributed by atoms with Crippen molar-refractivity contribution in [3.63, 3.8) is 0 Å². The normalized spacial score (nSPS) is 15.5. The number of halogens is 1. The Kier molecular flexibility index (Phi) is 2.26. The molecule has 2 rings (SSSR count). The van der Waals surface area contributed by atoms with Crippen LogP contribution in [0.1, 0.15) is 20.7 Å². The molecule has 0 fully saturated rings. The minimum atomic E-state index is -0.634. The van der Waals surface area contributed by atoms with Gasteiger partial charge in [-0.15, -0.1) is 0 Å². The summed E-state index contributed by atoms with van der Waals surface area (Å²) in [7, 11) is 0. The molecule has 0 unspecified atom stereocenters. The van der Waals surface area contributed by atoms with Gasteiger partial charge in [0.05, 0.1) is 5.56 Å². The van der Waals surface area contributed by atoms with E-state index in [4.69, 9.17) is 0 Å². The fourth-order valence-electron chi connectivity index (χ4n) is 1.41. The Balaban J connectivity index is 2.79. The molecule has 0 atom stereocenters. The van der Waals surface area contributed by atoms with Gasteiger partial charge in [0.2, 0.25) is 11.6 Å². The fourth-order valence-corrected chi connectivity index (χ4v) is 1.93. The van der Waals surface area contributed by atoms with Crippen LogP contribution in [0.3, 0.4) is 0 Å². The highest BCUT2D eigenvalue weighted by Gasteiger charge is 2.32. The summed E-state index contributed by atoms with van der Waals surface area (Å²) < 4.78 is -0.0633. The number of phenolic OH excluding ortho intramolecular Hbond substituents is 1. The summed E-state index contributed by atoms with van der Waals surface area (Å²) in [5, 5.41) is 18.8. The molecule has 76 valence electrons. The SMILES string of the molecule is O=C1C(O)=C(I)C(=O)c2c(O)cccc21. The van der Waals surface area contributed by atoms with Gasteiger partial charge in [0.15, 0.2) is 5.76 Å². The molecule has 0 heterocycles. The van der Waals surface area contributed by atoms with Gasteiger partial charge in [0, 0.05) is 5.56 Å². The molecular weight excluding hydrogens is 311 g/mol. The van der Waals surface area contributed by atoms with Crippen LogP contribution >= 0.6 is 22.6 Å². The Morgan fingerprint density at radius 1 is 1.07 bits per heavy atom. The second-order valence-corrected chi connectivity index (χ2v) is 4.10. The van der Waals surface area contributed by atoms with Crippen LogP contribution in [0.25, 0.3) is 0 Å². The lowest BCUT2D eigenvalue weighted by molar-refractivity contribution is 0.0936. The number of aromatic hydroxyl groups is 1. The summed E-state index contributed by atoms with van der Waals surface area (Å²) in [6.45, 7) is 0. The third-order valence-corrected chi connectivity index (χ3v) is 3.14. The number of benzene rings is 1. The number of hydrogen-bond donors (Lipinski definition) is 2. The zero-order chi connectivity index (χ0) is 11.2. The molecule has 1 aliphatic carbocycles. The third-order valence-electron chi connectivity index (χ3n) is 2.14. The van der Waals surface area contributed by atoms with E-state index in [2.05, 4.69) is 0 Å². The quantitative estimate of drug-likeness (QED) is 0.718. The van der Waals surface area contributed by atoms with Crippen LogP contribution in [0.5, 0.6) is 5.75 Å². The lowest BCUT2D eigenvalue weighted by Gasteiger charge is -2.14. The minimum absolute atomic E-state index is 0.0373. The number of phenols is 1. The predicted molar refractivity (Wildman–Crippen MR) is 60.4 cm³/mol. The Labute approximate surface area is 98.4 Å². The molecule has 0 spiro atoms. The number of hydrogen-bond acceptors (Lipinski definition) is 4. The Bertz CT molecular complexity index is 516. The first kappa shape index (κ1) is 10.2. The van der Waals surface area contributed by atoms with E-state index in [9.17, 15) is 19.8 Å². The van der Waals surface area contributed by atoms with Crippen LogP contribution in [-0.2, 0) is 0 Å². The Hall–Kier alpha value is -1.37. The van der Waals surface area contributed by atoms with E-state index in [1.807, 2.05) is 0 Å². The van der Waals surface area contributed by atoms with Crippen molar-refractivity contribution in [3.05, 3.63) is 38.7 Å². The zero-order valence-electron chi connectivity index (χ0n) is 7.32. The minimum Gasteiger partial charge on any atom is -0.507 e. The summed E-state index contributed by atoms with van der Waals surface area (Å²) in [5.74, 6) is -1.96. The number of rotatable bonds is 0. The number of allylic oxidation sites excluding steroid dienone is 2. The highest BCUT2D eigenvalue weighted by atomic mass is 127. The molecule has 5 heteroatoms. The van der Waals surface area contributed by atoms with Gasteiger partial charge in [-0.1, -0.05) is 6.07 Å². The molecule has 15 heavy (non-hydrogen) atoms. The van der Waals surface area contributed by atoms with Crippen molar-refractivity contribution in [2.24, 2.45) is 0 Å². The Morgan fingerprint density at radius 3 is 2.40 bits per heavy atom. The van der Waals surface area contributed by atoms with Crippen LogP contribution in [0, 0.1) is 0 Å². The molecule has 4 nitrogen and oxygen atoms in total. The van der Waals surface area contributed by atoms with E-state index in [0.29, 0.717) is 0 Å². The maximum atomic E-state index is 11.7. The van der Waals surface area contributed by atoms with Gasteiger partial charge in [-0.05, 0) is 34.7 Å². The molecule has 1 aromatic rings. The maximum absolute atomic E-state index is 11.7. The topological polar surface area (TPSA) is 74.6 Å². The number of aliphatic hydroxyl groups excluding tert-OH is 1. The van der Waals surface area contributed by atoms with Crippen LogP contribution in [-0.4, -0.2) is 21.8 Å². The molecule has 0 amide bonds. The summed E-state index contributed by atoms with van der Waals surface area (Å²) >= 11 is 1.59. The number of Topliss-reactive ketones (excluding diaryl/α,β-unsaturated/α-hetero) is 2. The highest BCUT2D eigenvalue weighted by molar-refractivity contribution is 14.1. The summed E-state index contributed by atoms with van der Waals surface area (Å²) in [4.78, 5) is 23.2. The monoisotopic (exact) mass is 316 g/mol. The van der Waals surface area contributed by atoms with Gasteiger partial charge in [0.25, 0.3) is 0 Å². The second kappa shape index (κ2) is 3.34. The second-order valence-electron chi connectivity index (χ2n) is 3.02. The molecule has 2 N–H and O–H groups in total. The van der Waals surface area contributed by atoms with Crippen LogP contribution in [0.15, 0.2) is 27.5 Å². The van der Waals surface area contributed by atoms with Crippen molar-refractivity contribution >= 4 is 34.2 Å². The fraction of sp³-hybridized carbons (Fsp3) is 0. The van der Waals surface area contributed by atoms with Gasteiger partial charge in [-0.3, -0.25) is 9.59 Å². The first-order valence-corrected chi connectivity index (χ1v) is 5.12.